The number of thiophene rings is 1. The van der Waals surface area contributed by atoms with Crippen LogP contribution in [0.5, 0.6) is 0 Å². The van der Waals surface area contributed by atoms with Crippen LogP contribution in [0.15, 0.2) is 59.2 Å². The number of hydrogen-bond acceptors (Lipinski definition) is 5. The Hall–Kier alpha value is -1.83. The van der Waals surface area contributed by atoms with Crippen LogP contribution in [0, 0.1) is 0 Å². The van der Waals surface area contributed by atoms with Crippen LogP contribution < -0.4 is 5.32 Å². The van der Waals surface area contributed by atoms with Gasteiger partial charge in [-0.15, -0.1) is 11.3 Å². The lowest BCUT2D eigenvalue weighted by molar-refractivity contribution is -0.115. The van der Waals surface area contributed by atoms with Gasteiger partial charge in [0, 0.05) is 21.0 Å². The van der Waals surface area contributed by atoms with Gasteiger partial charge in [-0.1, -0.05) is 65.6 Å². The number of hydrogen-bond donors (Lipinski definition) is 1. The Morgan fingerprint density at radius 1 is 1.10 bits per heavy atom. The van der Waals surface area contributed by atoms with Gasteiger partial charge in [0.15, 0.2) is 0 Å². The van der Waals surface area contributed by atoms with Crippen molar-refractivity contribution in [3.8, 4) is 11.1 Å². The lowest BCUT2D eigenvalue weighted by atomic mass is 10.1. The van der Waals surface area contributed by atoms with E-state index in [1.807, 2.05) is 31.2 Å². The predicted molar refractivity (Wildman–Crippen MR) is 133 cm³/mol. The molecular weight excluding hydrogens is 493 g/mol. The minimum atomic E-state index is -0.359. The molecule has 2 heterocycles. The third kappa shape index (κ3) is 4.99. The first kappa shape index (κ1) is 22.4. The van der Waals surface area contributed by atoms with Crippen LogP contribution in [-0.4, -0.2) is 21.1 Å². The molecule has 0 aliphatic heterocycles. The van der Waals surface area contributed by atoms with Crippen molar-refractivity contribution in [2.45, 2.75) is 23.6 Å². The summed E-state index contributed by atoms with van der Waals surface area (Å²) in [7, 11) is 0. The summed E-state index contributed by atoms with van der Waals surface area (Å²) in [5.74, 6) is -0.147. The summed E-state index contributed by atoms with van der Waals surface area (Å²) in [6.07, 6.45) is 2.15. The first-order valence-electron chi connectivity index (χ1n) is 9.37. The van der Waals surface area contributed by atoms with Crippen molar-refractivity contribution >= 4 is 79.7 Å². The van der Waals surface area contributed by atoms with Crippen molar-refractivity contribution in [3.05, 3.63) is 69.2 Å². The third-order valence-electron chi connectivity index (χ3n) is 4.60. The van der Waals surface area contributed by atoms with E-state index < -0.39 is 0 Å². The van der Waals surface area contributed by atoms with E-state index >= 15 is 0 Å². The van der Waals surface area contributed by atoms with E-state index in [2.05, 4.69) is 20.7 Å². The SMILES string of the molecule is CCC(Sc1ncnc2scc(-c3ccc(Cl)cc3)c12)C(=O)Nc1ccc(Cl)cc1Cl. The fourth-order valence-electron chi connectivity index (χ4n) is 3.04. The van der Waals surface area contributed by atoms with Gasteiger partial charge in [-0.3, -0.25) is 4.79 Å². The van der Waals surface area contributed by atoms with Gasteiger partial charge in [0.2, 0.25) is 5.91 Å². The van der Waals surface area contributed by atoms with Crippen molar-refractivity contribution in [2.24, 2.45) is 0 Å². The highest BCUT2D eigenvalue weighted by atomic mass is 35.5. The maximum Gasteiger partial charge on any atom is 0.237 e. The number of anilines is 1. The van der Waals surface area contributed by atoms with Gasteiger partial charge in [-0.25, -0.2) is 9.97 Å². The number of carbonyl (C=O) groups excluding carboxylic acids is 1. The quantitative estimate of drug-likeness (QED) is 0.213. The number of halogens is 3. The maximum atomic E-state index is 13.0. The Morgan fingerprint density at radius 2 is 1.84 bits per heavy atom. The van der Waals surface area contributed by atoms with E-state index in [0.717, 1.165) is 26.4 Å². The van der Waals surface area contributed by atoms with E-state index in [0.29, 0.717) is 27.2 Å². The van der Waals surface area contributed by atoms with Crippen LogP contribution in [0.4, 0.5) is 5.69 Å². The number of carbonyl (C=O) groups is 1. The monoisotopic (exact) mass is 507 g/mol. The number of aromatic nitrogens is 2. The van der Waals surface area contributed by atoms with E-state index in [9.17, 15) is 4.79 Å². The number of nitrogens with zero attached hydrogens (tertiary/aromatic N) is 2. The van der Waals surface area contributed by atoms with Crippen LogP contribution >= 0.6 is 57.9 Å². The van der Waals surface area contributed by atoms with E-state index in [1.165, 1.54) is 18.1 Å². The maximum absolute atomic E-state index is 13.0. The zero-order chi connectivity index (χ0) is 22.0. The number of fused-ring (bicyclic) bond motifs is 1. The lowest BCUT2D eigenvalue weighted by Gasteiger charge is -2.16. The molecule has 1 atom stereocenters. The second-order valence-electron chi connectivity index (χ2n) is 6.64. The first-order chi connectivity index (χ1) is 15.0. The third-order valence-corrected chi connectivity index (χ3v) is 7.65. The van der Waals surface area contributed by atoms with Crippen LogP contribution in [0.2, 0.25) is 15.1 Å². The zero-order valence-corrected chi connectivity index (χ0v) is 20.1. The predicted octanol–water partition coefficient (Wildman–Crippen LogP) is 7.83. The highest BCUT2D eigenvalue weighted by Gasteiger charge is 2.23. The topological polar surface area (TPSA) is 54.9 Å². The molecule has 1 amide bonds. The average molecular weight is 509 g/mol. The minimum Gasteiger partial charge on any atom is -0.324 e. The van der Waals surface area contributed by atoms with E-state index in [1.54, 1.807) is 29.5 Å². The van der Waals surface area contributed by atoms with Gasteiger partial charge in [0.05, 0.1) is 21.3 Å². The molecule has 0 bridgehead atoms. The number of benzene rings is 2. The van der Waals surface area contributed by atoms with Crippen molar-refractivity contribution in [1.29, 1.82) is 0 Å². The number of amides is 1. The number of rotatable bonds is 6. The molecule has 4 nitrogen and oxygen atoms in total. The minimum absolute atomic E-state index is 0.147. The van der Waals surface area contributed by atoms with Gasteiger partial charge >= 0.3 is 0 Å². The molecule has 0 fully saturated rings. The summed E-state index contributed by atoms with van der Waals surface area (Å²) >= 11 is 21.2. The molecule has 4 rings (SSSR count). The Bertz CT molecular complexity index is 1240. The molecule has 0 aliphatic carbocycles. The molecule has 158 valence electrons. The Balaban J connectivity index is 1.64. The lowest BCUT2D eigenvalue weighted by Crippen LogP contribution is -2.24. The molecule has 31 heavy (non-hydrogen) atoms. The van der Waals surface area contributed by atoms with Crippen molar-refractivity contribution in [3.63, 3.8) is 0 Å². The molecular formula is C22H16Cl3N3OS2. The highest BCUT2D eigenvalue weighted by molar-refractivity contribution is 8.00. The smallest absolute Gasteiger partial charge is 0.237 e. The molecule has 0 radical (unpaired) electrons. The number of thioether (sulfide) groups is 1. The molecule has 1 N–H and O–H groups in total. The molecule has 9 heteroatoms. The van der Waals surface area contributed by atoms with Gasteiger partial charge in [0.25, 0.3) is 0 Å². The fourth-order valence-corrected chi connectivity index (χ4v) is 5.64. The van der Waals surface area contributed by atoms with Crippen molar-refractivity contribution in [2.75, 3.05) is 5.32 Å². The molecule has 0 saturated heterocycles. The summed E-state index contributed by atoms with van der Waals surface area (Å²) < 4.78 is 0. The Morgan fingerprint density at radius 3 is 2.55 bits per heavy atom. The number of nitrogens with one attached hydrogen (secondary N) is 1. The van der Waals surface area contributed by atoms with Crippen LogP contribution in [0.1, 0.15) is 13.3 Å². The second kappa shape index (κ2) is 9.76. The molecule has 2 aromatic heterocycles. The van der Waals surface area contributed by atoms with E-state index in [-0.39, 0.29) is 11.2 Å². The summed E-state index contributed by atoms with van der Waals surface area (Å²) in [4.78, 5) is 22.8. The van der Waals surface area contributed by atoms with Crippen LogP contribution in [0.25, 0.3) is 21.3 Å². The van der Waals surface area contributed by atoms with Crippen LogP contribution in [-0.2, 0) is 4.79 Å². The Labute approximate surface area is 203 Å². The molecule has 0 spiro atoms. The molecule has 0 saturated carbocycles. The zero-order valence-electron chi connectivity index (χ0n) is 16.2. The summed E-state index contributed by atoms with van der Waals surface area (Å²) in [6.45, 7) is 1.97. The fraction of sp³-hybridized carbons (Fsp3) is 0.136. The summed E-state index contributed by atoms with van der Waals surface area (Å²) in [5.41, 5.74) is 2.58. The van der Waals surface area contributed by atoms with Crippen molar-refractivity contribution < 1.29 is 4.79 Å². The van der Waals surface area contributed by atoms with Crippen LogP contribution in [0.3, 0.4) is 0 Å². The second-order valence-corrected chi connectivity index (χ2v) is 9.97. The molecule has 2 aromatic carbocycles. The largest absolute Gasteiger partial charge is 0.324 e. The van der Waals surface area contributed by atoms with Crippen molar-refractivity contribution in [1.82, 2.24) is 9.97 Å². The first-order valence-corrected chi connectivity index (χ1v) is 12.3. The van der Waals surface area contributed by atoms with Gasteiger partial charge < -0.3 is 5.32 Å². The summed E-state index contributed by atoms with van der Waals surface area (Å²) in [6, 6.07) is 12.6. The van der Waals surface area contributed by atoms with Gasteiger partial charge in [-0.2, -0.15) is 0 Å². The molecule has 0 aliphatic rings. The Kier molecular flexibility index (Phi) is 7.04. The van der Waals surface area contributed by atoms with Gasteiger partial charge in [-0.05, 0) is 42.3 Å². The molecule has 4 aromatic rings. The normalized spacial score (nSPS) is 12.1. The highest BCUT2D eigenvalue weighted by Crippen LogP contribution is 2.40. The van der Waals surface area contributed by atoms with E-state index in [4.69, 9.17) is 34.8 Å². The average Bonchev–Trinajstić information content (AvgIpc) is 3.19. The van der Waals surface area contributed by atoms with Gasteiger partial charge in [0.1, 0.15) is 16.2 Å². The standard InChI is InChI=1S/C22H16Cl3N3OS2/c1-2-18(20(29)28-17-8-7-14(24)9-16(17)25)31-22-19-15(10-30-21(19)26-11-27-22)12-3-5-13(23)6-4-12/h3-11,18H,2H2,1H3,(H,28,29). The molecule has 1 unspecified atom stereocenters. The summed E-state index contributed by atoms with van der Waals surface area (Å²) in [5, 5.41) is 7.89.